The van der Waals surface area contributed by atoms with Crippen LogP contribution in [0.2, 0.25) is 0 Å². The maximum absolute atomic E-state index is 13.7. The zero-order valence-electron chi connectivity index (χ0n) is 22.6. The third-order valence-electron chi connectivity index (χ3n) is 8.11. The van der Waals surface area contributed by atoms with Gasteiger partial charge in [0, 0.05) is 26.1 Å². The Hall–Kier alpha value is -2.82. The average molecular weight is 505 g/mol. The van der Waals surface area contributed by atoms with Crippen molar-refractivity contribution in [2.75, 3.05) is 26.2 Å². The number of amides is 2. The molecule has 0 aromatic heterocycles. The van der Waals surface area contributed by atoms with Crippen LogP contribution in [0.25, 0.3) is 0 Å². The molecule has 1 heterocycles. The monoisotopic (exact) mass is 504 g/mol. The maximum atomic E-state index is 13.7. The van der Waals surface area contributed by atoms with E-state index < -0.39 is 0 Å². The molecule has 0 N–H and O–H groups in total. The second-order valence-corrected chi connectivity index (χ2v) is 10.7. The van der Waals surface area contributed by atoms with Gasteiger partial charge in [-0.3, -0.25) is 9.59 Å². The summed E-state index contributed by atoms with van der Waals surface area (Å²) < 4.78 is 6.40. The first-order valence-electron chi connectivity index (χ1n) is 14.5. The molecule has 1 saturated carbocycles. The van der Waals surface area contributed by atoms with E-state index in [-0.39, 0.29) is 17.9 Å². The zero-order chi connectivity index (χ0) is 25.9. The Bertz CT molecular complexity index is 987. The lowest BCUT2D eigenvalue weighted by molar-refractivity contribution is -0.134. The molecule has 1 aliphatic carbocycles. The number of benzene rings is 2. The van der Waals surface area contributed by atoms with Crippen LogP contribution in [0.4, 0.5) is 0 Å². The van der Waals surface area contributed by atoms with Gasteiger partial charge in [-0.1, -0.05) is 81.0 Å². The van der Waals surface area contributed by atoms with Crippen molar-refractivity contribution in [3.8, 4) is 5.75 Å². The van der Waals surface area contributed by atoms with Gasteiger partial charge in [-0.15, -0.1) is 0 Å². The van der Waals surface area contributed by atoms with Crippen LogP contribution in [-0.4, -0.2) is 53.9 Å². The minimum Gasteiger partial charge on any atom is -0.491 e. The molecule has 2 amide bonds. The van der Waals surface area contributed by atoms with Crippen molar-refractivity contribution in [3.63, 3.8) is 0 Å². The number of hydrogen-bond donors (Lipinski definition) is 0. The van der Waals surface area contributed by atoms with Crippen molar-refractivity contribution in [3.05, 3.63) is 65.7 Å². The number of nitrogens with zero attached hydrogens (tertiary/aromatic N) is 2. The fourth-order valence-electron chi connectivity index (χ4n) is 5.89. The smallest absolute Gasteiger partial charge is 0.257 e. The van der Waals surface area contributed by atoms with Crippen molar-refractivity contribution in [2.24, 2.45) is 5.92 Å². The van der Waals surface area contributed by atoms with Crippen LogP contribution >= 0.6 is 0 Å². The summed E-state index contributed by atoms with van der Waals surface area (Å²) in [5.74, 6) is 1.59. The summed E-state index contributed by atoms with van der Waals surface area (Å²) >= 11 is 0. The van der Waals surface area contributed by atoms with Gasteiger partial charge < -0.3 is 14.5 Å². The Morgan fingerprint density at radius 3 is 2.35 bits per heavy atom. The van der Waals surface area contributed by atoms with Crippen LogP contribution in [0, 0.1) is 5.92 Å². The molecule has 2 aliphatic rings. The molecule has 37 heavy (non-hydrogen) atoms. The van der Waals surface area contributed by atoms with Gasteiger partial charge in [-0.25, -0.2) is 0 Å². The van der Waals surface area contributed by atoms with Crippen LogP contribution in [-0.2, 0) is 11.2 Å². The molecular formula is C32H44N2O3. The molecule has 0 radical (unpaired) electrons. The van der Waals surface area contributed by atoms with Crippen molar-refractivity contribution in [1.29, 1.82) is 0 Å². The van der Waals surface area contributed by atoms with Gasteiger partial charge in [0.15, 0.2) is 0 Å². The summed E-state index contributed by atoms with van der Waals surface area (Å²) in [5.41, 5.74) is 1.81. The first-order valence-corrected chi connectivity index (χ1v) is 14.5. The lowest BCUT2D eigenvalue weighted by Gasteiger charge is -2.33. The third-order valence-corrected chi connectivity index (χ3v) is 8.11. The molecule has 1 atom stereocenters. The van der Waals surface area contributed by atoms with Gasteiger partial charge in [0.05, 0.1) is 11.6 Å². The van der Waals surface area contributed by atoms with Gasteiger partial charge in [-0.2, -0.15) is 0 Å². The number of rotatable bonds is 6. The SMILES string of the molecule is CCN1CCCCCCN(C(=O)CCC2CCCC2)[C@@H](Cc2ccccc2)COc2ccccc2C1=O. The summed E-state index contributed by atoms with van der Waals surface area (Å²) in [6, 6.07) is 17.9. The molecule has 5 nitrogen and oxygen atoms in total. The Labute approximate surface area is 223 Å². The molecule has 0 saturated heterocycles. The summed E-state index contributed by atoms with van der Waals surface area (Å²) in [4.78, 5) is 31.1. The predicted molar refractivity (Wildman–Crippen MR) is 149 cm³/mol. The van der Waals surface area contributed by atoms with Crippen LogP contribution in [0.3, 0.4) is 0 Å². The lowest BCUT2D eigenvalue weighted by Crippen LogP contribution is -2.46. The number of carbonyl (C=O) groups excluding carboxylic acids is 2. The van der Waals surface area contributed by atoms with Crippen LogP contribution in [0.15, 0.2) is 54.6 Å². The van der Waals surface area contributed by atoms with E-state index in [0.29, 0.717) is 36.8 Å². The number of hydrogen-bond acceptors (Lipinski definition) is 3. The highest BCUT2D eigenvalue weighted by Crippen LogP contribution is 2.29. The number of ether oxygens (including phenoxy) is 1. The van der Waals surface area contributed by atoms with Gasteiger partial charge >= 0.3 is 0 Å². The Morgan fingerprint density at radius 2 is 1.59 bits per heavy atom. The molecule has 4 rings (SSSR count). The molecule has 0 bridgehead atoms. The second kappa shape index (κ2) is 14.2. The Morgan fingerprint density at radius 1 is 0.892 bits per heavy atom. The molecule has 5 heteroatoms. The van der Waals surface area contributed by atoms with Crippen molar-refractivity contribution in [2.45, 2.75) is 83.6 Å². The topological polar surface area (TPSA) is 49.9 Å². The molecule has 2 aromatic rings. The quantitative estimate of drug-likeness (QED) is 0.450. The molecule has 1 aliphatic heterocycles. The van der Waals surface area contributed by atoms with Gasteiger partial charge in [0.1, 0.15) is 12.4 Å². The van der Waals surface area contributed by atoms with Gasteiger partial charge in [-0.05, 0) is 56.2 Å². The normalized spacial score (nSPS) is 20.2. The molecule has 0 unspecified atom stereocenters. The predicted octanol–water partition coefficient (Wildman–Crippen LogP) is 6.51. The molecule has 2 aromatic carbocycles. The molecule has 200 valence electrons. The number of para-hydroxylation sites is 1. The van der Waals surface area contributed by atoms with E-state index in [1.165, 1.54) is 31.2 Å². The fourth-order valence-corrected chi connectivity index (χ4v) is 5.89. The fraction of sp³-hybridized carbons (Fsp3) is 0.562. The maximum Gasteiger partial charge on any atom is 0.257 e. The van der Waals surface area contributed by atoms with Crippen molar-refractivity contribution < 1.29 is 14.3 Å². The minimum atomic E-state index is -0.0770. The highest BCUT2D eigenvalue weighted by molar-refractivity contribution is 5.96. The summed E-state index contributed by atoms with van der Waals surface area (Å²) in [5, 5.41) is 0. The largest absolute Gasteiger partial charge is 0.491 e. The van der Waals surface area contributed by atoms with Crippen molar-refractivity contribution >= 4 is 11.8 Å². The number of carbonyl (C=O) groups is 2. The van der Waals surface area contributed by atoms with E-state index in [0.717, 1.165) is 51.6 Å². The van der Waals surface area contributed by atoms with E-state index in [1.807, 2.05) is 42.2 Å². The second-order valence-electron chi connectivity index (χ2n) is 10.7. The van der Waals surface area contributed by atoms with Gasteiger partial charge in [0.2, 0.25) is 5.91 Å². The van der Waals surface area contributed by atoms with E-state index in [4.69, 9.17) is 4.74 Å². The van der Waals surface area contributed by atoms with Crippen molar-refractivity contribution in [1.82, 2.24) is 9.80 Å². The van der Waals surface area contributed by atoms with E-state index >= 15 is 0 Å². The van der Waals surface area contributed by atoms with Crippen LogP contribution in [0.5, 0.6) is 5.75 Å². The highest BCUT2D eigenvalue weighted by atomic mass is 16.5. The Kier molecular flexibility index (Phi) is 10.5. The standard InChI is InChI=1S/C32H44N2O3/c1-2-33-22-12-3-4-13-23-34(31(35)21-20-26-14-8-9-15-26)28(24-27-16-6-5-7-17-27)25-37-30-19-11-10-18-29(30)32(33)36/h5-7,10-11,16-19,26,28H,2-4,8-9,12-15,20-25H2,1H3/t28-/m0/s1. The molecule has 0 spiro atoms. The first-order chi connectivity index (χ1) is 18.2. The molecular weight excluding hydrogens is 460 g/mol. The van der Waals surface area contributed by atoms with E-state index in [9.17, 15) is 9.59 Å². The summed E-state index contributed by atoms with van der Waals surface area (Å²) in [6.45, 7) is 4.62. The highest BCUT2D eigenvalue weighted by Gasteiger charge is 2.27. The first kappa shape index (κ1) is 27.2. The minimum absolute atomic E-state index is 0.0271. The van der Waals surface area contributed by atoms with E-state index in [2.05, 4.69) is 29.2 Å². The molecule has 1 fully saturated rings. The number of fused-ring (bicyclic) bond motifs is 1. The lowest BCUT2D eigenvalue weighted by atomic mass is 9.99. The van der Waals surface area contributed by atoms with Crippen LogP contribution < -0.4 is 4.74 Å². The van der Waals surface area contributed by atoms with E-state index in [1.54, 1.807) is 0 Å². The Balaban J connectivity index is 1.58. The third kappa shape index (κ3) is 7.83. The summed E-state index contributed by atoms with van der Waals surface area (Å²) in [6.07, 6.45) is 11.6. The zero-order valence-corrected chi connectivity index (χ0v) is 22.6. The van der Waals surface area contributed by atoms with Gasteiger partial charge in [0.25, 0.3) is 5.91 Å². The summed E-state index contributed by atoms with van der Waals surface area (Å²) in [7, 11) is 0. The average Bonchev–Trinajstić information content (AvgIpc) is 3.45. The van der Waals surface area contributed by atoms with Crippen LogP contribution in [0.1, 0.15) is 87.1 Å².